The second-order valence-electron chi connectivity index (χ2n) is 9.73. The molecule has 0 saturated carbocycles. The van der Waals surface area contributed by atoms with Crippen molar-refractivity contribution in [2.24, 2.45) is 11.8 Å². The molecular formula is C26H34FN3O3S. The van der Waals surface area contributed by atoms with Crippen LogP contribution in [-0.2, 0) is 14.8 Å². The van der Waals surface area contributed by atoms with E-state index in [-0.39, 0.29) is 17.6 Å². The summed E-state index contributed by atoms with van der Waals surface area (Å²) in [5, 5.41) is 3.09. The Morgan fingerprint density at radius 3 is 2.24 bits per heavy atom. The van der Waals surface area contributed by atoms with E-state index < -0.39 is 10.0 Å². The molecule has 1 N–H and O–H groups in total. The number of rotatable bonds is 6. The summed E-state index contributed by atoms with van der Waals surface area (Å²) in [5.41, 5.74) is 3.59. The Morgan fingerprint density at radius 1 is 1.00 bits per heavy atom. The minimum Gasteiger partial charge on any atom is -0.371 e. The Hall–Kier alpha value is -2.45. The fraction of sp³-hybridized carbons (Fsp3) is 0.500. The highest BCUT2D eigenvalue weighted by molar-refractivity contribution is 7.89. The van der Waals surface area contributed by atoms with Gasteiger partial charge in [-0.3, -0.25) is 4.79 Å². The summed E-state index contributed by atoms with van der Waals surface area (Å²) in [7, 11) is -3.58. The summed E-state index contributed by atoms with van der Waals surface area (Å²) in [4.78, 5) is 15.4. The van der Waals surface area contributed by atoms with Crippen molar-refractivity contribution in [3.05, 3.63) is 58.9 Å². The van der Waals surface area contributed by atoms with Crippen molar-refractivity contribution in [2.75, 3.05) is 37.6 Å². The minimum atomic E-state index is -3.58. The molecule has 8 heteroatoms. The number of halogens is 1. The number of nitrogens with zero attached hydrogens (tertiary/aromatic N) is 2. The van der Waals surface area contributed by atoms with E-state index in [1.54, 1.807) is 12.1 Å². The average Bonchev–Trinajstić information content (AvgIpc) is 3.26. The fourth-order valence-corrected chi connectivity index (χ4v) is 7.22. The zero-order chi connectivity index (χ0) is 24.5. The van der Waals surface area contributed by atoms with Crippen LogP contribution in [0.1, 0.15) is 36.0 Å². The van der Waals surface area contributed by atoms with Gasteiger partial charge in [0, 0.05) is 44.3 Å². The number of hydrogen-bond donors (Lipinski definition) is 1. The minimum absolute atomic E-state index is 0.0139. The lowest BCUT2D eigenvalue weighted by Crippen LogP contribution is -2.44. The molecule has 1 unspecified atom stereocenters. The topological polar surface area (TPSA) is 69.7 Å². The van der Waals surface area contributed by atoms with Crippen molar-refractivity contribution < 1.29 is 17.6 Å². The SMILES string of the molecule is Cc1cc(C)c(S(=O)(=O)N2CCC(C(=O)NCC3CCN(c4ccc(F)cc4)C3)CC2)c(C)c1. The largest absolute Gasteiger partial charge is 0.371 e. The summed E-state index contributed by atoms with van der Waals surface area (Å²) in [6.07, 6.45) is 2.03. The van der Waals surface area contributed by atoms with Gasteiger partial charge in [0.2, 0.25) is 15.9 Å². The van der Waals surface area contributed by atoms with E-state index in [1.807, 2.05) is 32.9 Å². The maximum atomic E-state index is 13.3. The first kappa shape index (κ1) is 24.7. The molecule has 0 radical (unpaired) electrons. The molecule has 6 nitrogen and oxygen atoms in total. The number of aryl methyl sites for hydroxylation is 3. The van der Waals surface area contributed by atoms with Gasteiger partial charge >= 0.3 is 0 Å². The second kappa shape index (κ2) is 10.0. The van der Waals surface area contributed by atoms with Crippen molar-refractivity contribution in [3.63, 3.8) is 0 Å². The van der Waals surface area contributed by atoms with E-state index in [4.69, 9.17) is 0 Å². The molecule has 1 amide bonds. The summed E-state index contributed by atoms with van der Waals surface area (Å²) < 4.78 is 41.3. The number of carbonyl (C=O) groups excluding carboxylic acids is 1. The highest BCUT2D eigenvalue weighted by Gasteiger charge is 2.34. The Bertz CT molecular complexity index is 1120. The van der Waals surface area contributed by atoms with Crippen molar-refractivity contribution in [1.29, 1.82) is 0 Å². The van der Waals surface area contributed by atoms with E-state index in [2.05, 4.69) is 10.2 Å². The molecule has 0 spiro atoms. The summed E-state index contributed by atoms with van der Waals surface area (Å²) in [6.45, 7) is 8.69. The van der Waals surface area contributed by atoms with Gasteiger partial charge in [-0.1, -0.05) is 17.7 Å². The predicted octanol–water partition coefficient (Wildman–Crippen LogP) is 3.79. The van der Waals surface area contributed by atoms with Crippen molar-refractivity contribution in [3.8, 4) is 0 Å². The van der Waals surface area contributed by atoms with Gasteiger partial charge in [-0.2, -0.15) is 4.31 Å². The van der Waals surface area contributed by atoms with Gasteiger partial charge in [-0.05, 0) is 81.3 Å². The van der Waals surface area contributed by atoms with E-state index >= 15 is 0 Å². The molecule has 184 valence electrons. The highest BCUT2D eigenvalue weighted by Crippen LogP contribution is 2.29. The number of carbonyl (C=O) groups is 1. The van der Waals surface area contributed by atoms with Gasteiger partial charge in [0.1, 0.15) is 5.82 Å². The first-order chi connectivity index (χ1) is 16.1. The van der Waals surface area contributed by atoms with Crippen LogP contribution in [0.4, 0.5) is 10.1 Å². The molecule has 2 aromatic carbocycles. The van der Waals surface area contributed by atoms with Gasteiger partial charge in [0.05, 0.1) is 4.90 Å². The lowest BCUT2D eigenvalue weighted by molar-refractivity contribution is -0.126. The van der Waals surface area contributed by atoms with Gasteiger partial charge in [0.25, 0.3) is 0 Å². The normalized spacial score (nSPS) is 20.0. The second-order valence-corrected chi connectivity index (χ2v) is 11.6. The molecule has 4 rings (SSSR count). The third kappa shape index (κ3) is 5.28. The van der Waals surface area contributed by atoms with Gasteiger partial charge < -0.3 is 10.2 Å². The van der Waals surface area contributed by atoms with E-state index in [0.29, 0.717) is 43.3 Å². The molecule has 2 saturated heterocycles. The Morgan fingerprint density at radius 2 is 1.62 bits per heavy atom. The van der Waals surface area contributed by atoms with Crippen LogP contribution in [-0.4, -0.2) is 51.4 Å². The van der Waals surface area contributed by atoms with Gasteiger partial charge in [-0.15, -0.1) is 0 Å². The standard InChI is InChI=1S/C26H34FN3O3S/c1-18-14-19(2)25(20(3)15-18)34(32,33)30-12-9-22(10-13-30)26(31)28-16-21-8-11-29(17-21)24-6-4-23(27)5-7-24/h4-7,14-15,21-22H,8-13,16-17H2,1-3H3,(H,28,31). The fourth-order valence-electron chi connectivity index (χ4n) is 5.34. The van der Waals surface area contributed by atoms with Crippen LogP contribution in [0.2, 0.25) is 0 Å². The van der Waals surface area contributed by atoms with E-state index in [0.717, 1.165) is 41.9 Å². The van der Waals surface area contributed by atoms with Crippen LogP contribution < -0.4 is 10.2 Å². The van der Waals surface area contributed by atoms with Crippen LogP contribution in [0.15, 0.2) is 41.3 Å². The summed E-state index contributed by atoms with van der Waals surface area (Å²) >= 11 is 0. The van der Waals surface area contributed by atoms with E-state index in [1.165, 1.54) is 16.4 Å². The van der Waals surface area contributed by atoms with Crippen LogP contribution in [0.25, 0.3) is 0 Å². The first-order valence-electron chi connectivity index (χ1n) is 12.0. The quantitative estimate of drug-likeness (QED) is 0.673. The predicted molar refractivity (Wildman–Crippen MR) is 132 cm³/mol. The van der Waals surface area contributed by atoms with Crippen LogP contribution >= 0.6 is 0 Å². The maximum absolute atomic E-state index is 13.3. The smallest absolute Gasteiger partial charge is 0.243 e. The highest BCUT2D eigenvalue weighted by atomic mass is 32.2. The van der Waals surface area contributed by atoms with Gasteiger partial charge in [0.15, 0.2) is 0 Å². The number of nitrogens with one attached hydrogen (secondary N) is 1. The summed E-state index contributed by atoms with van der Waals surface area (Å²) in [6, 6.07) is 10.3. The lowest BCUT2D eigenvalue weighted by atomic mass is 9.97. The van der Waals surface area contributed by atoms with Crippen molar-refractivity contribution >= 4 is 21.6 Å². The maximum Gasteiger partial charge on any atom is 0.243 e. The molecule has 2 fully saturated rings. The molecule has 2 heterocycles. The molecule has 2 aliphatic rings. The number of hydrogen-bond acceptors (Lipinski definition) is 4. The van der Waals surface area contributed by atoms with Crippen molar-refractivity contribution in [1.82, 2.24) is 9.62 Å². The van der Waals surface area contributed by atoms with Crippen LogP contribution in [0.5, 0.6) is 0 Å². The number of sulfonamides is 1. The number of anilines is 1. The van der Waals surface area contributed by atoms with Gasteiger partial charge in [-0.25, -0.2) is 12.8 Å². The van der Waals surface area contributed by atoms with Crippen LogP contribution in [0, 0.1) is 38.4 Å². The molecular weight excluding hydrogens is 453 g/mol. The molecule has 0 aromatic heterocycles. The molecule has 2 aromatic rings. The first-order valence-corrected chi connectivity index (χ1v) is 13.5. The Balaban J connectivity index is 1.27. The zero-order valence-corrected chi connectivity index (χ0v) is 21.0. The third-order valence-electron chi connectivity index (χ3n) is 7.07. The monoisotopic (exact) mass is 487 g/mol. The zero-order valence-electron chi connectivity index (χ0n) is 20.2. The third-order valence-corrected chi connectivity index (χ3v) is 9.27. The molecule has 2 aliphatic heterocycles. The Labute approximate surface area is 202 Å². The van der Waals surface area contributed by atoms with E-state index in [9.17, 15) is 17.6 Å². The molecule has 0 bridgehead atoms. The molecule has 1 atom stereocenters. The number of piperidine rings is 1. The number of amides is 1. The molecule has 0 aliphatic carbocycles. The summed E-state index contributed by atoms with van der Waals surface area (Å²) in [5.74, 6) is -0.0436. The lowest BCUT2D eigenvalue weighted by Gasteiger charge is -2.31. The molecule has 34 heavy (non-hydrogen) atoms. The van der Waals surface area contributed by atoms with Crippen molar-refractivity contribution in [2.45, 2.75) is 44.9 Å². The number of benzene rings is 2. The Kier molecular flexibility index (Phi) is 7.28. The van der Waals surface area contributed by atoms with Crippen LogP contribution in [0.3, 0.4) is 0 Å². The average molecular weight is 488 g/mol.